The second kappa shape index (κ2) is 7.15. The van der Waals surface area contributed by atoms with Gasteiger partial charge in [-0.3, -0.25) is 4.79 Å². The van der Waals surface area contributed by atoms with E-state index in [1.54, 1.807) is 6.07 Å². The number of benzene rings is 2. The Labute approximate surface area is 152 Å². The summed E-state index contributed by atoms with van der Waals surface area (Å²) in [5.74, 6) is 1.29. The molecule has 0 bridgehead atoms. The summed E-state index contributed by atoms with van der Waals surface area (Å²) in [6, 6.07) is 13.5. The average Bonchev–Trinajstić information content (AvgIpc) is 3.15. The third-order valence-electron chi connectivity index (χ3n) is 4.88. The largest absolute Gasteiger partial charge is 0.493 e. The molecular weight excluding hydrogens is 328 g/mol. The van der Waals surface area contributed by atoms with Crippen molar-refractivity contribution in [2.45, 2.75) is 19.8 Å². The van der Waals surface area contributed by atoms with Gasteiger partial charge in [0.2, 0.25) is 0 Å². The van der Waals surface area contributed by atoms with Gasteiger partial charge in [0.25, 0.3) is 5.91 Å². The first kappa shape index (κ1) is 16.6. The second-order valence-electron chi connectivity index (χ2n) is 6.91. The number of nitrogens with zero attached hydrogens (tertiary/aromatic N) is 3. The summed E-state index contributed by atoms with van der Waals surface area (Å²) in [5.41, 5.74) is 3.36. The Balaban J connectivity index is 1.39. The number of likely N-dealkylation sites (tertiary alicyclic amines) is 1. The molecule has 134 valence electrons. The van der Waals surface area contributed by atoms with Crippen LogP contribution in [-0.4, -0.2) is 45.9 Å². The Bertz CT molecular complexity index is 904. The fourth-order valence-electron chi connectivity index (χ4n) is 3.39. The van der Waals surface area contributed by atoms with Crippen molar-refractivity contribution in [3.8, 4) is 5.75 Å². The van der Waals surface area contributed by atoms with Gasteiger partial charge in [0, 0.05) is 24.6 Å². The van der Waals surface area contributed by atoms with E-state index in [0.717, 1.165) is 37.2 Å². The number of rotatable bonds is 4. The predicted molar refractivity (Wildman–Crippen MR) is 99.2 cm³/mol. The van der Waals surface area contributed by atoms with Gasteiger partial charge >= 0.3 is 0 Å². The van der Waals surface area contributed by atoms with Crippen molar-refractivity contribution in [2.24, 2.45) is 5.92 Å². The summed E-state index contributed by atoms with van der Waals surface area (Å²) < 4.78 is 5.92. The molecule has 1 saturated heterocycles. The predicted octanol–water partition coefficient (Wildman–Crippen LogP) is 3.20. The van der Waals surface area contributed by atoms with Gasteiger partial charge in [0.1, 0.15) is 16.8 Å². The Morgan fingerprint density at radius 3 is 2.85 bits per heavy atom. The molecule has 1 N–H and O–H groups in total. The molecule has 2 heterocycles. The lowest BCUT2D eigenvalue weighted by Gasteiger charge is -2.32. The van der Waals surface area contributed by atoms with E-state index in [4.69, 9.17) is 4.74 Å². The number of carbonyl (C=O) groups excluding carboxylic acids is 1. The van der Waals surface area contributed by atoms with Gasteiger partial charge in [0.15, 0.2) is 0 Å². The summed E-state index contributed by atoms with van der Waals surface area (Å²) in [4.78, 5) is 14.8. The Morgan fingerprint density at radius 2 is 2.00 bits per heavy atom. The SMILES string of the molecule is Cc1ccc(OC[C@@H]2CCCN(C(=O)c3ccc4n[nH]nc4c3)C2)cc1. The minimum atomic E-state index is 0.0509. The molecule has 1 aliphatic heterocycles. The summed E-state index contributed by atoms with van der Waals surface area (Å²) in [6.45, 7) is 4.21. The van der Waals surface area contributed by atoms with Crippen LogP contribution in [0.4, 0.5) is 0 Å². The first-order valence-electron chi connectivity index (χ1n) is 8.98. The lowest BCUT2D eigenvalue weighted by molar-refractivity contribution is 0.0633. The lowest BCUT2D eigenvalue weighted by Crippen LogP contribution is -2.41. The molecule has 3 aromatic rings. The van der Waals surface area contributed by atoms with Crippen molar-refractivity contribution >= 4 is 16.9 Å². The number of carbonyl (C=O) groups is 1. The van der Waals surface area contributed by atoms with E-state index in [1.165, 1.54) is 5.56 Å². The number of piperidine rings is 1. The molecule has 6 nitrogen and oxygen atoms in total. The van der Waals surface area contributed by atoms with Gasteiger partial charge in [0.05, 0.1) is 6.61 Å². The van der Waals surface area contributed by atoms with E-state index in [0.29, 0.717) is 23.6 Å². The third-order valence-corrected chi connectivity index (χ3v) is 4.88. The van der Waals surface area contributed by atoms with Crippen LogP contribution >= 0.6 is 0 Å². The maximum Gasteiger partial charge on any atom is 0.253 e. The average molecular weight is 350 g/mol. The number of nitrogens with one attached hydrogen (secondary N) is 1. The molecule has 1 atom stereocenters. The van der Waals surface area contributed by atoms with Crippen LogP contribution < -0.4 is 4.74 Å². The van der Waals surface area contributed by atoms with E-state index >= 15 is 0 Å². The smallest absolute Gasteiger partial charge is 0.253 e. The maximum absolute atomic E-state index is 12.8. The van der Waals surface area contributed by atoms with Gasteiger partial charge in [-0.05, 0) is 50.1 Å². The van der Waals surface area contributed by atoms with Crippen molar-refractivity contribution in [3.63, 3.8) is 0 Å². The highest BCUT2D eigenvalue weighted by Gasteiger charge is 2.25. The number of aromatic amines is 1. The molecular formula is C20H22N4O2. The van der Waals surface area contributed by atoms with Gasteiger partial charge in [-0.25, -0.2) is 0 Å². The zero-order valence-corrected chi connectivity index (χ0v) is 14.8. The van der Waals surface area contributed by atoms with Gasteiger partial charge in [-0.15, -0.1) is 0 Å². The number of hydrogen-bond acceptors (Lipinski definition) is 4. The highest BCUT2D eigenvalue weighted by molar-refractivity contribution is 5.97. The minimum absolute atomic E-state index is 0.0509. The Morgan fingerprint density at radius 1 is 1.19 bits per heavy atom. The van der Waals surface area contributed by atoms with E-state index in [-0.39, 0.29) is 5.91 Å². The van der Waals surface area contributed by atoms with E-state index in [2.05, 4.69) is 22.3 Å². The normalized spacial score (nSPS) is 17.4. The van der Waals surface area contributed by atoms with Crippen LogP contribution in [-0.2, 0) is 0 Å². The second-order valence-corrected chi connectivity index (χ2v) is 6.91. The summed E-state index contributed by atoms with van der Waals surface area (Å²) >= 11 is 0. The number of amides is 1. The molecule has 0 saturated carbocycles. The van der Waals surface area contributed by atoms with E-state index in [1.807, 2.05) is 41.3 Å². The highest BCUT2D eigenvalue weighted by atomic mass is 16.5. The van der Waals surface area contributed by atoms with Crippen LogP contribution in [0.2, 0.25) is 0 Å². The molecule has 1 amide bonds. The fourth-order valence-corrected chi connectivity index (χ4v) is 3.39. The zero-order chi connectivity index (χ0) is 17.9. The number of aryl methyl sites for hydroxylation is 1. The number of aromatic nitrogens is 3. The quantitative estimate of drug-likeness (QED) is 0.784. The van der Waals surface area contributed by atoms with E-state index in [9.17, 15) is 4.79 Å². The first-order valence-corrected chi connectivity index (χ1v) is 8.98. The fraction of sp³-hybridized carbons (Fsp3) is 0.350. The Kier molecular flexibility index (Phi) is 4.56. The van der Waals surface area contributed by atoms with Crippen LogP contribution in [0.3, 0.4) is 0 Å². The van der Waals surface area contributed by atoms with Crippen LogP contribution in [0, 0.1) is 12.8 Å². The molecule has 1 aliphatic rings. The molecule has 0 spiro atoms. The highest BCUT2D eigenvalue weighted by Crippen LogP contribution is 2.21. The zero-order valence-electron chi connectivity index (χ0n) is 14.8. The Hall–Kier alpha value is -2.89. The first-order chi connectivity index (χ1) is 12.7. The van der Waals surface area contributed by atoms with Gasteiger partial charge in [-0.1, -0.05) is 17.7 Å². The molecule has 0 unspecified atom stereocenters. The summed E-state index contributed by atoms with van der Waals surface area (Å²) in [5, 5.41) is 10.7. The lowest BCUT2D eigenvalue weighted by atomic mass is 9.98. The number of hydrogen-bond donors (Lipinski definition) is 1. The number of H-pyrrole nitrogens is 1. The molecule has 2 aromatic carbocycles. The minimum Gasteiger partial charge on any atom is -0.493 e. The molecule has 6 heteroatoms. The monoisotopic (exact) mass is 350 g/mol. The van der Waals surface area contributed by atoms with Gasteiger partial charge in [-0.2, -0.15) is 15.4 Å². The van der Waals surface area contributed by atoms with Crippen molar-refractivity contribution in [2.75, 3.05) is 19.7 Å². The topological polar surface area (TPSA) is 71.1 Å². The van der Waals surface area contributed by atoms with Crippen molar-refractivity contribution in [1.82, 2.24) is 20.3 Å². The summed E-state index contributed by atoms with van der Waals surface area (Å²) in [6.07, 6.45) is 2.08. The number of fused-ring (bicyclic) bond motifs is 1. The van der Waals surface area contributed by atoms with Crippen molar-refractivity contribution in [3.05, 3.63) is 53.6 Å². The third kappa shape index (κ3) is 3.54. The van der Waals surface area contributed by atoms with Crippen LogP contribution in [0.15, 0.2) is 42.5 Å². The van der Waals surface area contributed by atoms with Crippen molar-refractivity contribution in [1.29, 1.82) is 0 Å². The molecule has 0 radical (unpaired) electrons. The molecule has 0 aliphatic carbocycles. The molecule has 1 fully saturated rings. The standard InChI is InChI=1S/C20H22N4O2/c1-14-4-7-17(8-5-14)26-13-15-3-2-10-24(12-15)20(25)16-6-9-18-19(11-16)22-23-21-18/h4-9,11,15H,2-3,10,12-13H2,1H3,(H,21,22,23)/t15-/m1/s1. The van der Waals surface area contributed by atoms with Crippen LogP contribution in [0.5, 0.6) is 5.75 Å². The van der Waals surface area contributed by atoms with Crippen LogP contribution in [0.25, 0.3) is 11.0 Å². The summed E-state index contributed by atoms with van der Waals surface area (Å²) in [7, 11) is 0. The number of ether oxygens (including phenoxy) is 1. The maximum atomic E-state index is 12.8. The van der Waals surface area contributed by atoms with Crippen LogP contribution in [0.1, 0.15) is 28.8 Å². The van der Waals surface area contributed by atoms with E-state index < -0.39 is 0 Å². The molecule has 26 heavy (non-hydrogen) atoms. The molecule has 1 aromatic heterocycles. The molecule has 4 rings (SSSR count). The van der Waals surface area contributed by atoms with Crippen molar-refractivity contribution < 1.29 is 9.53 Å². The van der Waals surface area contributed by atoms with Gasteiger partial charge < -0.3 is 9.64 Å².